The minimum absolute atomic E-state index is 0.244. The van der Waals surface area contributed by atoms with Gasteiger partial charge in [0.05, 0.1) is 11.4 Å². The molecule has 0 N–H and O–H groups in total. The van der Waals surface area contributed by atoms with E-state index < -0.39 is 0 Å². The van der Waals surface area contributed by atoms with Gasteiger partial charge in [-0.15, -0.1) is 0 Å². The molecule has 0 fully saturated rings. The molecule has 230 valence electrons. The second-order valence-corrected chi connectivity index (χ2v) is 13.5. The van der Waals surface area contributed by atoms with Crippen molar-refractivity contribution in [3.05, 3.63) is 174 Å². The molecule has 2 nitrogen and oxygen atoms in total. The van der Waals surface area contributed by atoms with E-state index in [0.29, 0.717) is 0 Å². The summed E-state index contributed by atoms with van der Waals surface area (Å²) in [5, 5.41) is 2.30. The second kappa shape index (κ2) is 10.9. The molecule has 8 aromatic rings. The number of nitrogens with zero attached hydrogens (tertiary/aromatic N) is 1. The largest absolute Gasteiger partial charge is 0.456 e. The van der Waals surface area contributed by atoms with Gasteiger partial charge in [0.25, 0.3) is 0 Å². The van der Waals surface area contributed by atoms with Gasteiger partial charge in [-0.1, -0.05) is 117 Å². The third kappa shape index (κ3) is 4.48. The average Bonchev–Trinajstić information content (AvgIpc) is 3.51. The molecule has 0 radical (unpaired) electrons. The van der Waals surface area contributed by atoms with E-state index in [9.17, 15) is 0 Å². The first-order valence-electron chi connectivity index (χ1n) is 16.7. The van der Waals surface area contributed by atoms with Crippen molar-refractivity contribution in [2.45, 2.75) is 26.2 Å². The van der Waals surface area contributed by atoms with Crippen LogP contribution in [0.2, 0.25) is 0 Å². The summed E-state index contributed by atoms with van der Waals surface area (Å²) < 4.78 is 6.16. The van der Waals surface area contributed by atoms with Crippen LogP contribution in [0.3, 0.4) is 0 Å². The number of hydrogen-bond donors (Lipinski definition) is 0. The van der Waals surface area contributed by atoms with E-state index in [0.717, 1.165) is 21.9 Å². The number of fused-ring (bicyclic) bond motifs is 5. The first-order chi connectivity index (χ1) is 23.5. The Hall–Kier alpha value is -5.86. The van der Waals surface area contributed by atoms with Gasteiger partial charge in [0, 0.05) is 21.9 Å². The third-order valence-corrected chi connectivity index (χ3v) is 10.2. The maximum Gasteiger partial charge on any atom is 0.135 e. The lowest BCUT2D eigenvalue weighted by Gasteiger charge is -2.43. The Balaban J connectivity index is 1.24. The summed E-state index contributed by atoms with van der Waals surface area (Å²) in [6.07, 6.45) is 0. The van der Waals surface area contributed by atoms with Gasteiger partial charge in [0.2, 0.25) is 0 Å². The van der Waals surface area contributed by atoms with Crippen molar-refractivity contribution in [3.63, 3.8) is 0 Å². The number of furan rings is 1. The standard InChI is InChI=1S/C46H35NO/c1-30-26-33(31-12-6-4-7-13-31)18-22-41(30)47-42-23-19-35(32-14-8-5-9-15-32)28-39(42)46(2,3)40-29-36(20-24-43(40)47)34-21-25-45-38(27-34)37-16-10-11-17-44(37)48-45/h4-29H,1-3H3. The van der Waals surface area contributed by atoms with E-state index in [4.69, 9.17) is 4.42 Å². The van der Waals surface area contributed by atoms with E-state index in [-0.39, 0.29) is 5.41 Å². The summed E-state index contributed by atoms with van der Waals surface area (Å²) in [7, 11) is 0. The first-order valence-corrected chi connectivity index (χ1v) is 16.7. The Kier molecular flexibility index (Phi) is 6.42. The predicted molar refractivity (Wildman–Crippen MR) is 202 cm³/mol. The third-order valence-electron chi connectivity index (χ3n) is 10.2. The molecule has 0 aliphatic carbocycles. The van der Waals surface area contributed by atoms with E-state index >= 15 is 0 Å². The summed E-state index contributed by atoms with van der Waals surface area (Å²) in [4.78, 5) is 2.48. The highest BCUT2D eigenvalue weighted by Gasteiger charge is 2.38. The summed E-state index contributed by atoms with van der Waals surface area (Å²) in [6.45, 7) is 6.98. The van der Waals surface area contributed by atoms with Crippen LogP contribution in [-0.4, -0.2) is 0 Å². The fourth-order valence-electron chi connectivity index (χ4n) is 7.61. The molecule has 2 heteroatoms. The molecular formula is C46H35NO. The van der Waals surface area contributed by atoms with Crippen molar-refractivity contribution in [2.75, 3.05) is 4.90 Å². The van der Waals surface area contributed by atoms with Gasteiger partial charge in [-0.05, 0) is 112 Å². The number of aryl methyl sites for hydroxylation is 1. The zero-order chi connectivity index (χ0) is 32.4. The van der Waals surface area contributed by atoms with Gasteiger partial charge in [-0.25, -0.2) is 0 Å². The van der Waals surface area contributed by atoms with E-state index in [1.54, 1.807) is 0 Å². The quantitative estimate of drug-likeness (QED) is 0.195. The van der Waals surface area contributed by atoms with Crippen LogP contribution in [0.25, 0.3) is 55.3 Å². The average molecular weight is 618 g/mol. The lowest BCUT2D eigenvalue weighted by Crippen LogP contribution is -2.31. The number of rotatable bonds is 4. The zero-order valence-electron chi connectivity index (χ0n) is 27.4. The van der Waals surface area contributed by atoms with Crippen LogP contribution in [0.15, 0.2) is 162 Å². The summed E-state index contributed by atoms with van der Waals surface area (Å²) >= 11 is 0. The van der Waals surface area contributed by atoms with Gasteiger partial charge < -0.3 is 9.32 Å². The molecule has 0 atom stereocenters. The molecule has 9 rings (SSSR count). The fraction of sp³-hybridized carbons (Fsp3) is 0.0870. The van der Waals surface area contributed by atoms with Crippen molar-refractivity contribution >= 4 is 39.0 Å². The molecule has 48 heavy (non-hydrogen) atoms. The van der Waals surface area contributed by atoms with Crippen molar-refractivity contribution in [1.29, 1.82) is 0 Å². The van der Waals surface area contributed by atoms with Crippen LogP contribution in [0.5, 0.6) is 0 Å². The maximum atomic E-state index is 6.16. The molecule has 1 aliphatic rings. The Labute approximate surface area is 281 Å². The minimum atomic E-state index is -0.244. The van der Waals surface area contributed by atoms with Gasteiger partial charge in [-0.3, -0.25) is 0 Å². The number of anilines is 3. The van der Waals surface area contributed by atoms with Crippen LogP contribution < -0.4 is 4.90 Å². The number of para-hydroxylation sites is 1. The lowest BCUT2D eigenvalue weighted by atomic mass is 9.72. The van der Waals surface area contributed by atoms with Crippen molar-refractivity contribution in [3.8, 4) is 33.4 Å². The molecule has 0 unspecified atom stereocenters. The van der Waals surface area contributed by atoms with Gasteiger partial charge in [0.15, 0.2) is 0 Å². The van der Waals surface area contributed by atoms with E-state index in [1.807, 2.05) is 12.1 Å². The summed E-state index contributed by atoms with van der Waals surface area (Å²) in [5.41, 5.74) is 16.4. The van der Waals surface area contributed by atoms with Crippen LogP contribution in [-0.2, 0) is 5.41 Å². The Morgan fingerprint density at radius 1 is 0.417 bits per heavy atom. The van der Waals surface area contributed by atoms with Crippen LogP contribution in [0.1, 0.15) is 30.5 Å². The van der Waals surface area contributed by atoms with Crippen LogP contribution in [0, 0.1) is 6.92 Å². The molecular weight excluding hydrogens is 583 g/mol. The van der Waals surface area contributed by atoms with Gasteiger partial charge in [-0.2, -0.15) is 0 Å². The SMILES string of the molecule is Cc1cc(-c2ccccc2)ccc1N1c2ccc(-c3ccccc3)cc2C(C)(C)c2cc(-c3ccc4oc5ccccc5c4c3)ccc21. The number of hydrogen-bond acceptors (Lipinski definition) is 2. The smallest absolute Gasteiger partial charge is 0.135 e. The zero-order valence-corrected chi connectivity index (χ0v) is 27.4. The van der Waals surface area contributed by atoms with Crippen molar-refractivity contribution < 1.29 is 4.42 Å². The molecule has 7 aromatic carbocycles. The first kappa shape index (κ1) is 28.4. The molecule has 1 aliphatic heterocycles. The minimum Gasteiger partial charge on any atom is -0.456 e. The topological polar surface area (TPSA) is 16.4 Å². The van der Waals surface area contributed by atoms with Crippen LogP contribution in [0.4, 0.5) is 17.1 Å². The molecule has 1 aromatic heterocycles. The fourth-order valence-corrected chi connectivity index (χ4v) is 7.61. The summed E-state index contributed by atoms with van der Waals surface area (Å²) in [5.74, 6) is 0. The van der Waals surface area contributed by atoms with E-state index in [2.05, 4.69) is 171 Å². The maximum absolute atomic E-state index is 6.16. The molecule has 0 bridgehead atoms. The second-order valence-electron chi connectivity index (χ2n) is 13.5. The number of benzene rings is 7. The molecule has 0 spiro atoms. The molecule has 2 heterocycles. The highest BCUT2D eigenvalue weighted by molar-refractivity contribution is 6.06. The monoisotopic (exact) mass is 617 g/mol. The van der Waals surface area contributed by atoms with E-state index in [1.165, 1.54) is 67.1 Å². The normalized spacial score (nSPS) is 13.4. The van der Waals surface area contributed by atoms with Gasteiger partial charge >= 0.3 is 0 Å². The Bertz CT molecular complexity index is 2490. The molecule has 0 amide bonds. The van der Waals surface area contributed by atoms with Crippen LogP contribution >= 0.6 is 0 Å². The molecule has 0 saturated heterocycles. The van der Waals surface area contributed by atoms with Crippen molar-refractivity contribution in [1.82, 2.24) is 0 Å². The van der Waals surface area contributed by atoms with Crippen molar-refractivity contribution in [2.24, 2.45) is 0 Å². The Morgan fingerprint density at radius 2 is 0.896 bits per heavy atom. The molecule has 0 saturated carbocycles. The highest BCUT2D eigenvalue weighted by Crippen LogP contribution is 2.54. The van der Waals surface area contributed by atoms with Gasteiger partial charge in [0.1, 0.15) is 11.2 Å². The Morgan fingerprint density at radius 3 is 1.52 bits per heavy atom. The lowest BCUT2D eigenvalue weighted by molar-refractivity contribution is 0.632. The summed E-state index contributed by atoms with van der Waals surface area (Å²) in [6, 6.07) is 57.1. The highest BCUT2D eigenvalue weighted by atomic mass is 16.3. The predicted octanol–water partition coefficient (Wildman–Crippen LogP) is 13.0.